The van der Waals surface area contributed by atoms with Gasteiger partial charge in [-0.1, -0.05) is 18.2 Å². The normalized spacial score (nSPS) is 12.8. The summed E-state index contributed by atoms with van der Waals surface area (Å²) in [7, 11) is 0. The molecule has 3 aromatic heterocycles. The molecule has 4 rings (SSSR count). The predicted molar refractivity (Wildman–Crippen MR) is 79.8 cm³/mol. The van der Waals surface area contributed by atoms with Crippen molar-refractivity contribution < 1.29 is 9.52 Å². The number of benzene rings is 1. The first kappa shape index (κ1) is 12.1. The summed E-state index contributed by atoms with van der Waals surface area (Å²) >= 11 is 0. The number of aliphatic hydroxyl groups excluding tert-OH is 1. The summed E-state index contributed by atoms with van der Waals surface area (Å²) in [4.78, 5) is 8.42. The Kier molecular flexibility index (Phi) is 2.69. The molecular weight excluding hydrogens is 264 g/mol. The highest BCUT2D eigenvalue weighted by Crippen LogP contribution is 2.31. The summed E-state index contributed by atoms with van der Waals surface area (Å²) in [5.74, 6) is 0.496. The van der Waals surface area contributed by atoms with Crippen LogP contribution >= 0.6 is 0 Å². The molecule has 0 amide bonds. The molecule has 1 unspecified atom stereocenters. The van der Waals surface area contributed by atoms with Crippen molar-refractivity contribution >= 4 is 21.9 Å². The zero-order valence-electron chi connectivity index (χ0n) is 11.1. The first-order valence-electron chi connectivity index (χ1n) is 6.68. The minimum atomic E-state index is -0.829. The first-order chi connectivity index (χ1) is 10.3. The number of hydrogen-bond acceptors (Lipinski definition) is 4. The number of fused-ring (bicyclic) bond motifs is 3. The Bertz CT molecular complexity index is 916. The van der Waals surface area contributed by atoms with Crippen LogP contribution in [0.25, 0.3) is 21.9 Å². The van der Waals surface area contributed by atoms with Gasteiger partial charge in [-0.3, -0.25) is 9.97 Å². The van der Waals surface area contributed by atoms with Crippen molar-refractivity contribution in [2.45, 2.75) is 6.10 Å². The number of nitrogens with zero attached hydrogens (tertiary/aromatic N) is 2. The highest BCUT2D eigenvalue weighted by molar-refractivity contribution is 6.01. The fourth-order valence-electron chi connectivity index (χ4n) is 2.49. The van der Waals surface area contributed by atoms with Crippen LogP contribution in [0.15, 0.2) is 65.5 Å². The SMILES string of the molecule is OC(c1cccnc1)c1cc2cnc3ccccc3c2o1. The van der Waals surface area contributed by atoms with Crippen LogP contribution in [0.3, 0.4) is 0 Å². The standard InChI is InChI=1S/C17H12N2O2/c20-16(11-4-3-7-18-9-11)15-8-12-10-19-14-6-2-1-5-13(14)17(12)21-15/h1-10,16,20H. The van der Waals surface area contributed by atoms with E-state index in [1.54, 1.807) is 24.7 Å². The van der Waals surface area contributed by atoms with E-state index in [1.807, 2.05) is 36.4 Å². The van der Waals surface area contributed by atoms with Crippen molar-refractivity contribution in [3.8, 4) is 0 Å². The van der Waals surface area contributed by atoms with E-state index in [-0.39, 0.29) is 0 Å². The van der Waals surface area contributed by atoms with Crippen molar-refractivity contribution in [1.29, 1.82) is 0 Å². The van der Waals surface area contributed by atoms with E-state index in [0.29, 0.717) is 11.3 Å². The molecule has 0 saturated heterocycles. The van der Waals surface area contributed by atoms with Gasteiger partial charge in [-0.05, 0) is 24.3 Å². The van der Waals surface area contributed by atoms with Gasteiger partial charge in [-0.15, -0.1) is 0 Å². The van der Waals surface area contributed by atoms with Crippen LogP contribution in [0.1, 0.15) is 17.4 Å². The zero-order valence-corrected chi connectivity index (χ0v) is 11.1. The maximum absolute atomic E-state index is 10.4. The molecule has 21 heavy (non-hydrogen) atoms. The molecule has 0 aliphatic heterocycles. The number of hydrogen-bond donors (Lipinski definition) is 1. The average molecular weight is 276 g/mol. The van der Waals surface area contributed by atoms with Crippen LogP contribution in [-0.2, 0) is 0 Å². The number of aliphatic hydroxyl groups is 1. The van der Waals surface area contributed by atoms with E-state index in [9.17, 15) is 5.11 Å². The summed E-state index contributed by atoms with van der Waals surface area (Å²) in [6, 6.07) is 13.2. The molecule has 3 heterocycles. The quantitative estimate of drug-likeness (QED) is 0.609. The number of furan rings is 1. The Balaban J connectivity index is 1.89. The molecule has 102 valence electrons. The fraction of sp³-hybridized carbons (Fsp3) is 0.0588. The molecule has 0 fully saturated rings. The van der Waals surface area contributed by atoms with Crippen LogP contribution in [0, 0.1) is 0 Å². The van der Waals surface area contributed by atoms with E-state index in [0.717, 1.165) is 21.9 Å². The molecule has 4 heteroatoms. The maximum atomic E-state index is 10.4. The number of aromatic nitrogens is 2. The van der Waals surface area contributed by atoms with Gasteiger partial charge < -0.3 is 9.52 Å². The lowest BCUT2D eigenvalue weighted by Crippen LogP contribution is -1.97. The van der Waals surface area contributed by atoms with Gasteiger partial charge in [-0.25, -0.2) is 0 Å². The van der Waals surface area contributed by atoms with E-state index in [4.69, 9.17) is 4.42 Å². The molecule has 0 bridgehead atoms. The third-order valence-electron chi connectivity index (χ3n) is 3.54. The second-order valence-electron chi connectivity index (χ2n) is 4.90. The van der Waals surface area contributed by atoms with E-state index < -0.39 is 6.10 Å². The lowest BCUT2D eigenvalue weighted by atomic mass is 10.1. The van der Waals surface area contributed by atoms with Crippen LogP contribution in [0.2, 0.25) is 0 Å². The molecule has 0 spiro atoms. The highest BCUT2D eigenvalue weighted by Gasteiger charge is 2.17. The predicted octanol–water partition coefficient (Wildman–Crippen LogP) is 3.46. The molecule has 4 nitrogen and oxygen atoms in total. The number of para-hydroxylation sites is 1. The molecule has 1 N–H and O–H groups in total. The molecular formula is C17H12N2O2. The molecule has 4 aromatic rings. The summed E-state index contributed by atoms with van der Waals surface area (Å²) in [5.41, 5.74) is 2.33. The third kappa shape index (κ3) is 1.97. The summed E-state index contributed by atoms with van der Waals surface area (Å²) in [6.07, 6.45) is 4.24. The van der Waals surface area contributed by atoms with Crippen LogP contribution in [0.5, 0.6) is 0 Å². The van der Waals surface area contributed by atoms with Gasteiger partial charge >= 0.3 is 0 Å². The summed E-state index contributed by atoms with van der Waals surface area (Å²) in [6.45, 7) is 0. The van der Waals surface area contributed by atoms with E-state index in [2.05, 4.69) is 9.97 Å². The Morgan fingerprint density at radius 2 is 1.95 bits per heavy atom. The van der Waals surface area contributed by atoms with Gasteiger partial charge in [0.25, 0.3) is 0 Å². The third-order valence-corrected chi connectivity index (χ3v) is 3.54. The lowest BCUT2D eigenvalue weighted by Gasteiger charge is -2.06. The number of rotatable bonds is 2. The van der Waals surface area contributed by atoms with Gasteiger partial charge in [0.05, 0.1) is 5.52 Å². The molecule has 0 radical (unpaired) electrons. The van der Waals surface area contributed by atoms with Gasteiger partial charge in [0.1, 0.15) is 17.4 Å². The van der Waals surface area contributed by atoms with Crippen molar-refractivity contribution in [2.75, 3.05) is 0 Å². The van der Waals surface area contributed by atoms with Gasteiger partial charge in [-0.2, -0.15) is 0 Å². The minimum Gasteiger partial charge on any atom is -0.457 e. The largest absolute Gasteiger partial charge is 0.457 e. The Morgan fingerprint density at radius 1 is 1.05 bits per heavy atom. The summed E-state index contributed by atoms with van der Waals surface area (Å²) < 4.78 is 5.88. The van der Waals surface area contributed by atoms with Gasteiger partial charge in [0, 0.05) is 34.9 Å². The molecule has 0 saturated carbocycles. The molecule has 1 aromatic carbocycles. The van der Waals surface area contributed by atoms with Crippen molar-refractivity contribution in [2.24, 2.45) is 0 Å². The van der Waals surface area contributed by atoms with Gasteiger partial charge in [0.2, 0.25) is 0 Å². The topological polar surface area (TPSA) is 59.2 Å². The maximum Gasteiger partial charge on any atom is 0.145 e. The van der Waals surface area contributed by atoms with E-state index in [1.165, 1.54) is 0 Å². The Hall–Kier alpha value is -2.72. The lowest BCUT2D eigenvalue weighted by molar-refractivity contribution is 0.192. The number of pyridine rings is 2. The van der Waals surface area contributed by atoms with Crippen molar-refractivity contribution in [3.63, 3.8) is 0 Å². The van der Waals surface area contributed by atoms with Crippen molar-refractivity contribution in [3.05, 3.63) is 72.4 Å². The minimum absolute atomic E-state index is 0.496. The molecule has 1 atom stereocenters. The highest BCUT2D eigenvalue weighted by atomic mass is 16.4. The first-order valence-corrected chi connectivity index (χ1v) is 6.68. The van der Waals surface area contributed by atoms with Gasteiger partial charge in [0.15, 0.2) is 0 Å². The molecule has 0 aliphatic rings. The summed E-state index contributed by atoms with van der Waals surface area (Å²) in [5, 5.41) is 12.2. The second-order valence-corrected chi connectivity index (χ2v) is 4.90. The average Bonchev–Trinajstić information content (AvgIpc) is 2.99. The molecule has 0 aliphatic carbocycles. The van der Waals surface area contributed by atoms with Crippen LogP contribution in [0.4, 0.5) is 0 Å². The van der Waals surface area contributed by atoms with Crippen LogP contribution in [-0.4, -0.2) is 15.1 Å². The Morgan fingerprint density at radius 3 is 2.81 bits per heavy atom. The van der Waals surface area contributed by atoms with E-state index >= 15 is 0 Å². The fourth-order valence-corrected chi connectivity index (χ4v) is 2.49. The van der Waals surface area contributed by atoms with Crippen LogP contribution < -0.4 is 0 Å². The van der Waals surface area contributed by atoms with Crippen molar-refractivity contribution in [1.82, 2.24) is 9.97 Å². The second kappa shape index (κ2) is 4.68. The Labute approximate surface area is 120 Å². The smallest absolute Gasteiger partial charge is 0.145 e. The zero-order chi connectivity index (χ0) is 14.2. The monoisotopic (exact) mass is 276 g/mol.